The summed E-state index contributed by atoms with van der Waals surface area (Å²) in [5, 5.41) is 2.59. The predicted molar refractivity (Wildman–Crippen MR) is 104 cm³/mol. The van der Waals surface area contributed by atoms with Crippen molar-refractivity contribution in [1.82, 2.24) is 9.88 Å². The molecule has 1 aliphatic rings. The third kappa shape index (κ3) is 6.13. The molecule has 0 spiro atoms. The first-order valence-corrected chi connectivity index (χ1v) is 9.46. The molecule has 148 valence electrons. The van der Waals surface area contributed by atoms with Crippen LogP contribution in [0.1, 0.15) is 29.6 Å². The molecule has 0 atom stereocenters. The molecule has 0 radical (unpaired) electrons. The number of nitrogens with zero attached hydrogens (tertiary/aromatic N) is 2. The van der Waals surface area contributed by atoms with Crippen LogP contribution in [0, 0.1) is 11.7 Å². The number of aromatic nitrogens is 1. The predicted octanol–water partition coefficient (Wildman–Crippen LogP) is 3.75. The Hall–Kier alpha value is -2.80. The lowest BCUT2D eigenvalue weighted by Gasteiger charge is -2.31. The highest BCUT2D eigenvalue weighted by molar-refractivity contribution is 5.97. The monoisotopic (exact) mass is 385 g/mol. The molecule has 0 bridgehead atoms. The van der Waals surface area contributed by atoms with Crippen LogP contribution in [-0.2, 0) is 4.74 Å². The molecular formula is C21H24FN3O3. The minimum atomic E-state index is -0.499. The first-order chi connectivity index (χ1) is 13.6. The number of carbonyl (C=O) groups excluding carboxylic acids is 2. The molecule has 3 rings (SSSR count). The quantitative estimate of drug-likeness (QED) is 0.735. The Kier molecular flexibility index (Phi) is 7.08. The summed E-state index contributed by atoms with van der Waals surface area (Å²) in [4.78, 5) is 30.1. The summed E-state index contributed by atoms with van der Waals surface area (Å²) in [7, 11) is 0. The van der Waals surface area contributed by atoms with Gasteiger partial charge in [-0.25, -0.2) is 14.2 Å². The molecule has 7 heteroatoms. The average molecular weight is 385 g/mol. The molecule has 2 heterocycles. The van der Waals surface area contributed by atoms with E-state index < -0.39 is 6.09 Å². The number of amides is 1. The summed E-state index contributed by atoms with van der Waals surface area (Å²) in [6.07, 6.45) is 3.82. The molecule has 2 aromatic rings. The highest BCUT2D eigenvalue weighted by Gasteiger charge is 2.21. The Labute approximate surface area is 163 Å². The van der Waals surface area contributed by atoms with E-state index in [2.05, 4.69) is 15.2 Å². The average Bonchev–Trinajstić information content (AvgIpc) is 2.70. The van der Waals surface area contributed by atoms with E-state index in [4.69, 9.17) is 4.74 Å². The summed E-state index contributed by atoms with van der Waals surface area (Å²) in [5.74, 6) is 0.604. The number of pyridine rings is 1. The Bertz CT molecular complexity index is 775. The van der Waals surface area contributed by atoms with Crippen LogP contribution in [0.4, 0.5) is 15.0 Å². The third-order valence-corrected chi connectivity index (χ3v) is 4.89. The van der Waals surface area contributed by atoms with E-state index in [-0.39, 0.29) is 11.6 Å². The van der Waals surface area contributed by atoms with Crippen LogP contribution in [0.3, 0.4) is 0 Å². The molecule has 1 saturated heterocycles. The largest absolute Gasteiger partial charge is 0.449 e. The fourth-order valence-corrected chi connectivity index (χ4v) is 3.26. The molecule has 1 fully saturated rings. The van der Waals surface area contributed by atoms with E-state index in [1.54, 1.807) is 24.4 Å². The van der Waals surface area contributed by atoms with Crippen LogP contribution in [0.25, 0.3) is 0 Å². The van der Waals surface area contributed by atoms with Gasteiger partial charge < -0.3 is 4.74 Å². The number of anilines is 1. The summed E-state index contributed by atoms with van der Waals surface area (Å²) >= 11 is 0. The highest BCUT2D eigenvalue weighted by Crippen LogP contribution is 2.21. The second-order valence-electron chi connectivity index (χ2n) is 6.91. The van der Waals surface area contributed by atoms with Crippen molar-refractivity contribution < 1.29 is 18.7 Å². The van der Waals surface area contributed by atoms with Crippen molar-refractivity contribution in [3.8, 4) is 0 Å². The van der Waals surface area contributed by atoms with E-state index in [1.165, 1.54) is 24.3 Å². The molecule has 6 nitrogen and oxygen atoms in total. The van der Waals surface area contributed by atoms with E-state index in [1.807, 2.05) is 0 Å². The van der Waals surface area contributed by atoms with Gasteiger partial charge in [-0.3, -0.25) is 15.0 Å². The molecule has 1 aliphatic heterocycles. The standard InChI is InChI=1S/C21H24FN3O3/c22-18-6-4-17(5-7-18)19(26)15-25-12-8-16(9-13-25)10-14-28-21(27)24-20-3-1-2-11-23-20/h1-7,11,16H,8-10,12-15H2,(H,23,24,27). The molecule has 0 aliphatic carbocycles. The van der Waals surface area contributed by atoms with Gasteiger partial charge in [0.15, 0.2) is 5.78 Å². The van der Waals surface area contributed by atoms with Crippen LogP contribution >= 0.6 is 0 Å². The number of hydrogen-bond donors (Lipinski definition) is 1. The summed E-state index contributed by atoms with van der Waals surface area (Å²) in [6.45, 7) is 2.37. The van der Waals surface area contributed by atoms with Crippen molar-refractivity contribution in [2.24, 2.45) is 5.92 Å². The van der Waals surface area contributed by atoms with E-state index in [0.717, 1.165) is 32.4 Å². The molecule has 28 heavy (non-hydrogen) atoms. The van der Waals surface area contributed by atoms with Crippen molar-refractivity contribution in [3.05, 3.63) is 60.0 Å². The van der Waals surface area contributed by atoms with Gasteiger partial charge in [0.2, 0.25) is 0 Å². The molecule has 1 aromatic heterocycles. The Morgan fingerprint density at radius 3 is 2.57 bits per heavy atom. The molecule has 0 unspecified atom stereocenters. The van der Waals surface area contributed by atoms with Crippen molar-refractivity contribution >= 4 is 17.7 Å². The fraction of sp³-hybridized carbons (Fsp3) is 0.381. The normalized spacial score (nSPS) is 15.2. The second kappa shape index (κ2) is 9.94. The summed E-state index contributed by atoms with van der Waals surface area (Å²) in [6, 6.07) is 10.9. The van der Waals surface area contributed by atoms with Crippen molar-refractivity contribution in [2.75, 3.05) is 31.6 Å². The third-order valence-electron chi connectivity index (χ3n) is 4.89. The number of halogens is 1. The molecule has 1 aromatic carbocycles. The fourth-order valence-electron chi connectivity index (χ4n) is 3.26. The number of piperidine rings is 1. The van der Waals surface area contributed by atoms with Gasteiger partial charge in [0.25, 0.3) is 0 Å². The van der Waals surface area contributed by atoms with Crippen molar-refractivity contribution in [2.45, 2.75) is 19.3 Å². The van der Waals surface area contributed by atoms with E-state index >= 15 is 0 Å². The number of hydrogen-bond acceptors (Lipinski definition) is 5. The Morgan fingerprint density at radius 1 is 1.14 bits per heavy atom. The van der Waals surface area contributed by atoms with Gasteiger partial charge >= 0.3 is 6.09 Å². The lowest BCUT2D eigenvalue weighted by atomic mass is 9.93. The number of ketones is 1. The maximum Gasteiger partial charge on any atom is 0.412 e. The molecule has 0 saturated carbocycles. The van der Waals surface area contributed by atoms with Crippen LogP contribution in [0.5, 0.6) is 0 Å². The lowest BCUT2D eigenvalue weighted by molar-refractivity contribution is 0.0878. The van der Waals surface area contributed by atoms with Gasteiger partial charge in [0.05, 0.1) is 13.2 Å². The van der Waals surface area contributed by atoms with Gasteiger partial charge in [-0.1, -0.05) is 6.07 Å². The Balaban J connectivity index is 1.32. The Morgan fingerprint density at radius 2 is 1.89 bits per heavy atom. The number of ether oxygens (including phenoxy) is 1. The summed E-state index contributed by atoms with van der Waals surface area (Å²) in [5.41, 5.74) is 0.538. The number of likely N-dealkylation sites (tertiary alicyclic amines) is 1. The van der Waals surface area contributed by atoms with Crippen LogP contribution < -0.4 is 5.32 Å². The first-order valence-electron chi connectivity index (χ1n) is 9.46. The molecule has 1 amide bonds. The number of carbonyl (C=O) groups is 2. The van der Waals surface area contributed by atoms with E-state index in [9.17, 15) is 14.0 Å². The van der Waals surface area contributed by atoms with Gasteiger partial charge in [-0.2, -0.15) is 0 Å². The number of benzene rings is 1. The maximum atomic E-state index is 13.0. The number of rotatable bonds is 7. The van der Waals surface area contributed by atoms with Crippen LogP contribution in [0.2, 0.25) is 0 Å². The maximum absolute atomic E-state index is 13.0. The zero-order valence-electron chi connectivity index (χ0n) is 15.6. The number of nitrogens with one attached hydrogen (secondary N) is 1. The van der Waals surface area contributed by atoms with E-state index in [0.29, 0.717) is 30.5 Å². The molecular weight excluding hydrogens is 361 g/mol. The van der Waals surface area contributed by atoms with Gasteiger partial charge in [0.1, 0.15) is 11.6 Å². The SMILES string of the molecule is O=C(Nc1ccccn1)OCCC1CCN(CC(=O)c2ccc(F)cc2)CC1. The first kappa shape index (κ1) is 19.9. The lowest BCUT2D eigenvalue weighted by Crippen LogP contribution is -2.37. The van der Waals surface area contributed by atoms with Crippen molar-refractivity contribution in [3.63, 3.8) is 0 Å². The summed E-state index contributed by atoms with van der Waals surface area (Å²) < 4.78 is 18.2. The number of Topliss-reactive ketones (excluding diaryl/α,β-unsaturated/α-hetero) is 1. The topological polar surface area (TPSA) is 71.5 Å². The van der Waals surface area contributed by atoms with Gasteiger partial charge in [-0.15, -0.1) is 0 Å². The van der Waals surface area contributed by atoms with Crippen LogP contribution in [0.15, 0.2) is 48.7 Å². The molecule has 1 N–H and O–H groups in total. The zero-order valence-corrected chi connectivity index (χ0v) is 15.6. The van der Waals surface area contributed by atoms with Crippen LogP contribution in [-0.4, -0.2) is 48.0 Å². The van der Waals surface area contributed by atoms with Crippen molar-refractivity contribution in [1.29, 1.82) is 0 Å². The minimum absolute atomic E-state index is 0.00739. The smallest absolute Gasteiger partial charge is 0.412 e. The minimum Gasteiger partial charge on any atom is -0.449 e. The van der Waals surface area contributed by atoms with Gasteiger partial charge in [0, 0.05) is 11.8 Å². The highest BCUT2D eigenvalue weighted by atomic mass is 19.1. The zero-order chi connectivity index (χ0) is 19.8. The second-order valence-corrected chi connectivity index (χ2v) is 6.91. The van der Waals surface area contributed by atoms with Gasteiger partial charge in [-0.05, 0) is 74.7 Å².